The Bertz CT molecular complexity index is 996. The van der Waals surface area contributed by atoms with Crippen molar-refractivity contribution in [3.05, 3.63) is 54.1 Å². The summed E-state index contributed by atoms with van der Waals surface area (Å²) in [6.07, 6.45) is -9.63. The number of nitriles is 1. The quantitative estimate of drug-likeness (QED) is 0.370. The number of rotatable bonds is 9. The summed E-state index contributed by atoms with van der Waals surface area (Å²) in [6, 6.07) is 8.11. The molecule has 0 spiro atoms. The zero-order valence-corrected chi connectivity index (χ0v) is 18.3. The van der Waals surface area contributed by atoms with Crippen LogP contribution in [0.3, 0.4) is 0 Å². The minimum atomic E-state index is -4.84. The van der Waals surface area contributed by atoms with E-state index in [1.807, 2.05) is 0 Å². The van der Waals surface area contributed by atoms with Gasteiger partial charge in [0.1, 0.15) is 11.8 Å². The highest BCUT2D eigenvalue weighted by Crippen LogP contribution is 2.40. The molecule has 0 saturated carbocycles. The summed E-state index contributed by atoms with van der Waals surface area (Å²) in [5.41, 5.74) is 6.08. The SMILES string of the molecule is CC(C)C[C@@H](C(N)=O)N(CC#N)[C@@H](c1ccc(-c2ccc(OC(F)(F)F)cc2)cc1)C(F)(F)F. The second-order valence-corrected chi connectivity index (χ2v) is 8.02. The number of benzene rings is 2. The maximum absolute atomic E-state index is 14.1. The summed E-state index contributed by atoms with van der Waals surface area (Å²) >= 11 is 0. The summed E-state index contributed by atoms with van der Waals surface area (Å²) in [5, 5.41) is 9.16. The molecular weight excluding hydrogens is 464 g/mol. The van der Waals surface area contributed by atoms with Gasteiger partial charge in [0.15, 0.2) is 0 Å². The van der Waals surface area contributed by atoms with Crippen LogP contribution in [0.25, 0.3) is 11.1 Å². The molecular formula is C23H23F6N3O2. The Labute approximate surface area is 192 Å². The van der Waals surface area contributed by atoms with Gasteiger partial charge in [0.2, 0.25) is 5.91 Å². The zero-order valence-electron chi connectivity index (χ0n) is 18.3. The lowest BCUT2D eigenvalue weighted by Gasteiger charge is -2.37. The van der Waals surface area contributed by atoms with Gasteiger partial charge in [-0.1, -0.05) is 50.2 Å². The average Bonchev–Trinajstić information content (AvgIpc) is 2.70. The first-order chi connectivity index (χ1) is 15.7. The van der Waals surface area contributed by atoms with E-state index in [0.717, 1.165) is 17.0 Å². The van der Waals surface area contributed by atoms with Crippen LogP contribution in [0.5, 0.6) is 5.75 Å². The van der Waals surface area contributed by atoms with Crippen molar-refractivity contribution in [1.82, 2.24) is 4.90 Å². The molecule has 2 N–H and O–H groups in total. The first-order valence-electron chi connectivity index (χ1n) is 10.2. The number of alkyl halides is 6. The maximum Gasteiger partial charge on any atom is 0.573 e. The molecule has 0 aliphatic carbocycles. The molecule has 0 fully saturated rings. The molecule has 0 aliphatic rings. The molecule has 2 atom stereocenters. The van der Waals surface area contributed by atoms with Crippen molar-refractivity contribution in [2.45, 2.75) is 44.9 Å². The van der Waals surface area contributed by atoms with Crippen LogP contribution in [0, 0.1) is 17.2 Å². The predicted molar refractivity (Wildman–Crippen MR) is 112 cm³/mol. The van der Waals surface area contributed by atoms with E-state index in [0.29, 0.717) is 11.1 Å². The van der Waals surface area contributed by atoms with Gasteiger partial charge in [0.25, 0.3) is 0 Å². The number of ether oxygens (including phenoxy) is 1. The summed E-state index contributed by atoms with van der Waals surface area (Å²) in [4.78, 5) is 12.7. The van der Waals surface area contributed by atoms with Gasteiger partial charge in [-0.2, -0.15) is 18.4 Å². The number of hydrogen-bond donors (Lipinski definition) is 1. The minimum absolute atomic E-state index is 0.0357. The van der Waals surface area contributed by atoms with Crippen LogP contribution in [-0.4, -0.2) is 35.9 Å². The van der Waals surface area contributed by atoms with Crippen molar-refractivity contribution in [2.24, 2.45) is 11.7 Å². The van der Waals surface area contributed by atoms with Gasteiger partial charge < -0.3 is 10.5 Å². The molecule has 34 heavy (non-hydrogen) atoms. The molecule has 1 amide bonds. The minimum Gasteiger partial charge on any atom is -0.406 e. The van der Waals surface area contributed by atoms with Gasteiger partial charge in [-0.05, 0) is 41.2 Å². The molecule has 0 unspecified atom stereocenters. The van der Waals surface area contributed by atoms with Gasteiger partial charge in [-0.15, -0.1) is 13.2 Å². The maximum atomic E-state index is 14.1. The largest absolute Gasteiger partial charge is 0.573 e. The van der Waals surface area contributed by atoms with Crippen LogP contribution in [0.15, 0.2) is 48.5 Å². The fourth-order valence-electron chi connectivity index (χ4n) is 3.60. The van der Waals surface area contributed by atoms with Crippen molar-refractivity contribution in [1.29, 1.82) is 5.26 Å². The molecule has 11 heteroatoms. The molecule has 0 aromatic heterocycles. The second kappa shape index (κ2) is 10.8. The summed E-state index contributed by atoms with van der Waals surface area (Å²) in [5.74, 6) is -1.55. The van der Waals surface area contributed by atoms with Gasteiger partial charge in [-0.25, -0.2) is 0 Å². The third kappa shape index (κ3) is 7.38. The molecule has 184 valence electrons. The Morgan fingerprint density at radius 3 is 1.88 bits per heavy atom. The Balaban J connectivity index is 2.41. The van der Waals surface area contributed by atoms with Gasteiger partial charge in [0.05, 0.1) is 18.7 Å². The smallest absolute Gasteiger partial charge is 0.406 e. The lowest BCUT2D eigenvalue weighted by atomic mass is 9.95. The summed E-state index contributed by atoms with van der Waals surface area (Å²) in [6.45, 7) is 2.78. The first-order valence-corrected chi connectivity index (χ1v) is 10.2. The lowest BCUT2D eigenvalue weighted by Crippen LogP contribution is -2.51. The standard InChI is InChI=1S/C23H23F6N3O2/c1-14(2)13-19(21(31)33)32(12-11-30)20(22(24,25)26)17-5-3-15(4-6-17)16-7-9-18(10-8-16)34-23(27,28)29/h3-10,14,19-20H,12-13H2,1-2H3,(H2,31,33)/t19-,20-/m0/s1. The average molecular weight is 487 g/mol. The number of nitrogens with two attached hydrogens (primary N) is 1. The molecule has 0 aliphatic heterocycles. The molecule has 0 radical (unpaired) electrons. The number of primary amides is 1. The summed E-state index contributed by atoms with van der Waals surface area (Å²) in [7, 11) is 0. The van der Waals surface area contributed by atoms with Crippen molar-refractivity contribution in [3.63, 3.8) is 0 Å². The number of carbonyl (C=O) groups is 1. The number of amides is 1. The van der Waals surface area contributed by atoms with Crippen LogP contribution in [-0.2, 0) is 4.79 Å². The van der Waals surface area contributed by atoms with E-state index in [2.05, 4.69) is 4.74 Å². The number of nitrogens with zero attached hydrogens (tertiary/aromatic N) is 2. The Morgan fingerprint density at radius 1 is 1.00 bits per heavy atom. The summed E-state index contributed by atoms with van der Waals surface area (Å²) < 4.78 is 83.1. The van der Waals surface area contributed by atoms with E-state index >= 15 is 0 Å². The van der Waals surface area contributed by atoms with Crippen LogP contribution in [0.2, 0.25) is 0 Å². The molecule has 5 nitrogen and oxygen atoms in total. The molecule has 2 rings (SSSR count). The van der Waals surface area contributed by atoms with Crippen LogP contribution >= 0.6 is 0 Å². The van der Waals surface area contributed by atoms with Crippen LogP contribution in [0.1, 0.15) is 31.9 Å². The third-order valence-electron chi connectivity index (χ3n) is 4.97. The van der Waals surface area contributed by atoms with Crippen molar-refractivity contribution < 1.29 is 35.9 Å². The molecule has 0 bridgehead atoms. The Hall–Kier alpha value is -3.26. The highest BCUT2D eigenvalue weighted by molar-refractivity contribution is 5.80. The van der Waals surface area contributed by atoms with E-state index in [9.17, 15) is 31.1 Å². The highest BCUT2D eigenvalue weighted by atomic mass is 19.4. The van der Waals surface area contributed by atoms with Gasteiger partial charge in [0, 0.05) is 0 Å². The monoisotopic (exact) mass is 487 g/mol. The third-order valence-corrected chi connectivity index (χ3v) is 4.97. The van der Waals surface area contributed by atoms with Crippen molar-refractivity contribution in [2.75, 3.05) is 6.54 Å². The molecule has 2 aromatic carbocycles. The number of hydrogen-bond acceptors (Lipinski definition) is 4. The topological polar surface area (TPSA) is 79.4 Å². The van der Waals surface area contributed by atoms with E-state index in [4.69, 9.17) is 11.0 Å². The van der Waals surface area contributed by atoms with E-state index in [-0.39, 0.29) is 17.9 Å². The second-order valence-electron chi connectivity index (χ2n) is 8.02. The first kappa shape index (κ1) is 27.0. The van der Waals surface area contributed by atoms with Crippen LogP contribution in [0.4, 0.5) is 26.3 Å². The Kier molecular flexibility index (Phi) is 8.56. The fourth-order valence-corrected chi connectivity index (χ4v) is 3.60. The van der Waals surface area contributed by atoms with Crippen molar-refractivity contribution >= 4 is 5.91 Å². The predicted octanol–water partition coefficient (Wildman–Crippen LogP) is 5.58. The zero-order chi connectivity index (χ0) is 25.7. The molecule has 0 saturated heterocycles. The molecule has 0 heterocycles. The lowest BCUT2D eigenvalue weighted by molar-refractivity contribution is -0.274. The normalized spacial score (nSPS) is 14.0. The van der Waals surface area contributed by atoms with E-state index in [1.165, 1.54) is 36.4 Å². The van der Waals surface area contributed by atoms with Crippen molar-refractivity contribution in [3.8, 4) is 22.9 Å². The molecule has 2 aromatic rings. The number of carbonyl (C=O) groups excluding carboxylic acids is 1. The van der Waals surface area contributed by atoms with E-state index < -0.39 is 42.8 Å². The number of halogens is 6. The van der Waals surface area contributed by atoms with Gasteiger partial charge >= 0.3 is 12.5 Å². The van der Waals surface area contributed by atoms with E-state index in [1.54, 1.807) is 19.9 Å². The van der Waals surface area contributed by atoms with Crippen LogP contribution < -0.4 is 10.5 Å². The highest BCUT2D eigenvalue weighted by Gasteiger charge is 2.48. The fraction of sp³-hybridized carbons (Fsp3) is 0.391. The Morgan fingerprint density at radius 2 is 1.50 bits per heavy atom. The van der Waals surface area contributed by atoms with Gasteiger partial charge in [-0.3, -0.25) is 9.69 Å².